The number of sulfonamides is 1. The number of ether oxygens (including phenoxy) is 1. The van der Waals surface area contributed by atoms with Crippen LogP contribution in [-0.2, 0) is 14.8 Å². The molecule has 0 aromatic heterocycles. The van der Waals surface area contributed by atoms with E-state index in [2.05, 4.69) is 5.32 Å². The molecule has 128 valence electrons. The number of urea groups is 1. The fourth-order valence-electron chi connectivity index (χ4n) is 3.06. The zero-order valence-corrected chi connectivity index (χ0v) is 14.4. The lowest BCUT2D eigenvalue weighted by Gasteiger charge is -2.38. The van der Waals surface area contributed by atoms with Gasteiger partial charge in [-0.1, -0.05) is 6.92 Å². The van der Waals surface area contributed by atoms with E-state index in [4.69, 9.17) is 4.74 Å². The lowest BCUT2D eigenvalue weighted by atomic mass is 10.1. The van der Waals surface area contributed by atoms with Crippen molar-refractivity contribution in [2.75, 3.05) is 32.4 Å². The van der Waals surface area contributed by atoms with Gasteiger partial charge in [-0.15, -0.1) is 0 Å². The highest BCUT2D eigenvalue weighted by Crippen LogP contribution is 2.16. The third-order valence-electron chi connectivity index (χ3n) is 4.25. The van der Waals surface area contributed by atoms with Crippen molar-refractivity contribution in [1.29, 1.82) is 0 Å². The molecule has 0 spiro atoms. The molecule has 2 heterocycles. The minimum absolute atomic E-state index is 0.0309. The molecule has 2 amide bonds. The summed E-state index contributed by atoms with van der Waals surface area (Å²) in [5.74, 6) is 0. The molecule has 2 fully saturated rings. The molecule has 0 aromatic rings. The van der Waals surface area contributed by atoms with Crippen LogP contribution in [0.2, 0.25) is 0 Å². The van der Waals surface area contributed by atoms with Gasteiger partial charge in [-0.05, 0) is 26.2 Å². The Morgan fingerprint density at radius 2 is 2.05 bits per heavy atom. The summed E-state index contributed by atoms with van der Waals surface area (Å²) < 4.78 is 30.5. The molecule has 0 aliphatic carbocycles. The quantitative estimate of drug-likeness (QED) is 0.821. The number of carbonyl (C=O) groups excluding carboxylic acids is 1. The number of hydrogen-bond donors (Lipinski definition) is 1. The van der Waals surface area contributed by atoms with Gasteiger partial charge in [0, 0.05) is 32.2 Å². The van der Waals surface area contributed by atoms with E-state index in [1.54, 1.807) is 4.90 Å². The lowest BCUT2D eigenvalue weighted by molar-refractivity contribution is -0.0649. The molecule has 7 nitrogen and oxygen atoms in total. The molecule has 0 saturated carbocycles. The zero-order chi connectivity index (χ0) is 16.3. The van der Waals surface area contributed by atoms with Crippen molar-refractivity contribution in [3.63, 3.8) is 0 Å². The second kappa shape index (κ2) is 7.14. The summed E-state index contributed by atoms with van der Waals surface area (Å²) in [5.41, 5.74) is 0. The Hall–Kier alpha value is -0.860. The van der Waals surface area contributed by atoms with Crippen LogP contribution in [0.4, 0.5) is 4.79 Å². The molecule has 0 bridgehead atoms. The summed E-state index contributed by atoms with van der Waals surface area (Å²) in [6.45, 7) is 6.08. The Morgan fingerprint density at radius 1 is 1.32 bits per heavy atom. The molecule has 2 aliphatic heterocycles. The largest absolute Gasteiger partial charge is 0.372 e. The van der Waals surface area contributed by atoms with Crippen molar-refractivity contribution < 1.29 is 17.9 Å². The fourth-order valence-corrected chi connectivity index (χ4v) is 3.98. The Kier molecular flexibility index (Phi) is 5.68. The average molecular weight is 333 g/mol. The highest BCUT2D eigenvalue weighted by molar-refractivity contribution is 7.88. The van der Waals surface area contributed by atoms with E-state index in [-0.39, 0.29) is 24.3 Å². The van der Waals surface area contributed by atoms with E-state index < -0.39 is 10.0 Å². The first-order valence-corrected chi connectivity index (χ1v) is 9.80. The fraction of sp³-hybridized carbons (Fsp3) is 0.929. The summed E-state index contributed by atoms with van der Waals surface area (Å²) in [7, 11) is -3.19. The van der Waals surface area contributed by atoms with Gasteiger partial charge < -0.3 is 15.0 Å². The predicted molar refractivity (Wildman–Crippen MR) is 84.2 cm³/mol. The maximum absolute atomic E-state index is 12.4. The lowest BCUT2D eigenvalue weighted by Crippen LogP contribution is -2.56. The average Bonchev–Trinajstić information content (AvgIpc) is 2.46. The molecule has 0 aromatic carbocycles. The molecule has 1 N–H and O–H groups in total. The van der Waals surface area contributed by atoms with E-state index in [0.717, 1.165) is 19.3 Å². The van der Waals surface area contributed by atoms with Gasteiger partial charge in [-0.25, -0.2) is 17.5 Å². The van der Waals surface area contributed by atoms with Gasteiger partial charge in [0.15, 0.2) is 0 Å². The highest BCUT2D eigenvalue weighted by atomic mass is 32.2. The molecule has 2 aliphatic rings. The van der Waals surface area contributed by atoms with Crippen LogP contribution in [0.3, 0.4) is 0 Å². The van der Waals surface area contributed by atoms with Crippen LogP contribution in [0.25, 0.3) is 0 Å². The third kappa shape index (κ3) is 4.57. The number of carbonyl (C=O) groups is 1. The molecular formula is C14H27N3O4S. The van der Waals surface area contributed by atoms with Crippen LogP contribution < -0.4 is 5.32 Å². The number of nitrogens with zero attached hydrogens (tertiary/aromatic N) is 2. The summed E-state index contributed by atoms with van der Waals surface area (Å²) in [6.07, 6.45) is 3.78. The second-order valence-corrected chi connectivity index (χ2v) is 8.27. The van der Waals surface area contributed by atoms with Gasteiger partial charge in [0.25, 0.3) is 0 Å². The van der Waals surface area contributed by atoms with E-state index >= 15 is 0 Å². The van der Waals surface area contributed by atoms with E-state index in [1.807, 2.05) is 13.8 Å². The van der Waals surface area contributed by atoms with E-state index in [1.165, 1.54) is 10.6 Å². The van der Waals surface area contributed by atoms with Crippen LogP contribution in [0.5, 0.6) is 0 Å². The van der Waals surface area contributed by atoms with Crippen molar-refractivity contribution >= 4 is 16.1 Å². The Labute approximate surface area is 133 Å². The number of nitrogens with one attached hydrogen (secondary N) is 1. The maximum Gasteiger partial charge on any atom is 0.317 e. The molecular weight excluding hydrogens is 306 g/mol. The molecule has 2 saturated heterocycles. The van der Waals surface area contributed by atoms with E-state index in [0.29, 0.717) is 26.2 Å². The predicted octanol–water partition coefficient (Wildman–Crippen LogP) is 0.619. The van der Waals surface area contributed by atoms with Crippen LogP contribution in [0.15, 0.2) is 0 Å². The second-order valence-electron chi connectivity index (χ2n) is 6.29. The number of piperidine rings is 1. The van der Waals surface area contributed by atoms with Crippen molar-refractivity contribution in [3.8, 4) is 0 Å². The molecule has 0 unspecified atom stereocenters. The third-order valence-corrected chi connectivity index (χ3v) is 5.52. The van der Waals surface area contributed by atoms with Crippen molar-refractivity contribution in [2.24, 2.45) is 0 Å². The van der Waals surface area contributed by atoms with Crippen LogP contribution in [0.1, 0.15) is 33.1 Å². The Bertz CT molecular complexity index is 496. The summed E-state index contributed by atoms with van der Waals surface area (Å²) in [5, 5.41) is 2.98. The maximum atomic E-state index is 12.4. The zero-order valence-electron chi connectivity index (χ0n) is 13.6. The highest BCUT2D eigenvalue weighted by Gasteiger charge is 2.31. The minimum atomic E-state index is -3.19. The first-order chi connectivity index (χ1) is 10.3. The van der Waals surface area contributed by atoms with Crippen molar-refractivity contribution in [2.45, 2.75) is 51.4 Å². The standard InChI is InChI=1S/C14H27N3O4S/c1-4-13-10-16(8-11(2)21-13)14(18)15-12-6-5-7-17(9-12)22(3,19)20/h11-13H,4-10H2,1-3H3,(H,15,18)/t11-,12+,13-/m1/s1. The summed E-state index contributed by atoms with van der Waals surface area (Å²) >= 11 is 0. The molecule has 2 rings (SSSR count). The van der Waals surface area contributed by atoms with Gasteiger partial charge in [0.1, 0.15) is 0 Å². The molecule has 3 atom stereocenters. The van der Waals surface area contributed by atoms with Gasteiger partial charge >= 0.3 is 6.03 Å². The minimum Gasteiger partial charge on any atom is -0.372 e. The van der Waals surface area contributed by atoms with E-state index in [9.17, 15) is 13.2 Å². The summed E-state index contributed by atoms with van der Waals surface area (Å²) in [6, 6.07) is -0.233. The Balaban J connectivity index is 1.91. The van der Waals surface area contributed by atoms with Gasteiger partial charge in [-0.2, -0.15) is 0 Å². The van der Waals surface area contributed by atoms with Crippen LogP contribution >= 0.6 is 0 Å². The molecule has 8 heteroatoms. The monoisotopic (exact) mass is 333 g/mol. The first-order valence-electron chi connectivity index (χ1n) is 7.95. The Morgan fingerprint density at radius 3 is 2.68 bits per heavy atom. The molecule has 0 radical (unpaired) electrons. The van der Waals surface area contributed by atoms with Crippen molar-refractivity contribution in [1.82, 2.24) is 14.5 Å². The summed E-state index contributed by atoms with van der Waals surface area (Å²) in [4.78, 5) is 14.2. The first kappa shape index (κ1) is 17.5. The number of amides is 2. The van der Waals surface area contributed by atoms with Crippen molar-refractivity contribution in [3.05, 3.63) is 0 Å². The topological polar surface area (TPSA) is 79.0 Å². The van der Waals surface area contributed by atoms with Crippen LogP contribution in [-0.4, -0.2) is 74.3 Å². The van der Waals surface area contributed by atoms with Gasteiger partial charge in [0.05, 0.1) is 18.5 Å². The molecule has 22 heavy (non-hydrogen) atoms. The normalized spacial score (nSPS) is 31.0. The SMILES string of the molecule is CC[C@@H]1CN(C(=O)N[C@H]2CCCN(S(C)(=O)=O)C2)C[C@@H](C)O1. The number of rotatable bonds is 3. The smallest absolute Gasteiger partial charge is 0.317 e. The van der Waals surface area contributed by atoms with Crippen LogP contribution in [0, 0.1) is 0 Å². The number of hydrogen-bond acceptors (Lipinski definition) is 4. The van der Waals surface area contributed by atoms with Gasteiger partial charge in [0.2, 0.25) is 10.0 Å². The number of morpholine rings is 1. The van der Waals surface area contributed by atoms with Gasteiger partial charge in [-0.3, -0.25) is 0 Å².